The molecule has 4 aromatic rings. The summed E-state index contributed by atoms with van der Waals surface area (Å²) >= 11 is 23.7. The lowest BCUT2D eigenvalue weighted by Crippen LogP contribution is -2.33. The Hall–Kier alpha value is -2.60. The zero-order valence-electron chi connectivity index (χ0n) is 20.6. The van der Waals surface area contributed by atoms with Gasteiger partial charge in [0.15, 0.2) is 0 Å². The van der Waals surface area contributed by atoms with E-state index in [4.69, 9.17) is 34.8 Å². The van der Waals surface area contributed by atoms with Crippen LogP contribution in [0.4, 0.5) is 11.4 Å². The van der Waals surface area contributed by atoms with Gasteiger partial charge in [0.2, 0.25) is 17.7 Å². The lowest BCUT2D eigenvalue weighted by molar-refractivity contribution is -0.122. The largest absolute Gasteiger partial charge is 0.324 e. The van der Waals surface area contributed by atoms with Gasteiger partial charge in [0, 0.05) is 26.0 Å². The predicted octanol–water partition coefficient (Wildman–Crippen LogP) is 7.07. The smallest absolute Gasteiger partial charge is 0.308 e. The number of thioether (sulfide) groups is 1. The molecule has 0 spiro atoms. The Morgan fingerprint density at radius 1 is 0.902 bits per heavy atom. The fourth-order valence-corrected chi connectivity index (χ4v) is 8.51. The Balaban J connectivity index is 1.40. The molecule has 0 aliphatic carbocycles. The quantitative estimate of drug-likeness (QED) is 0.224. The third-order valence-electron chi connectivity index (χ3n) is 6.87. The van der Waals surface area contributed by atoms with Gasteiger partial charge in [0.25, 0.3) is 0 Å². The molecule has 41 heavy (non-hydrogen) atoms. The first kappa shape index (κ1) is 28.5. The van der Waals surface area contributed by atoms with Crippen molar-refractivity contribution in [1.29, 1.82) is 0 Å². The molecule has 0 unspecified atom stereocenters. The summed E-state index contributed by atoms with van der Waals surface area (Å²) in [5, 5.41) is 3.57. The summed E-state index contributed by atoms with van der Waals surface area (Å²) in [5.74, 6) is -2.50. The molecule has 208 valence electrons. The second-order valence-electron chi connectivity index (χ2n) is 9.38. The van der Waals surface area contributed by atoms with Crippen molar-refractivity contribution in [3.8, 4) is 0 Å². The van der Waals surface area contributed by atoms with Crippen LogP contribution in [0.2, 0.25) is 15.1 Å². The highest BCUT2D eigenvalue weighted by atomic mass is 79.9. The molecule has 13 heteroatoms. The first-order chi connectivity index (χ1) is 19.6. The van der Waals surface area contributed by atoms with Crippen LogP contribution in [0, 0.1) is 5.92 Å². The number of fused-ring (bicyclic) bond motifs is 2. The Kier molecular flexibility index (Phi) is 7.82. The first-order valence-electron chi connectivity index (χ1n) is 12.2. The van der Waals surface area contributed by atoms with Crippen LogP contribution >= 0.6 is 73.8 Å². The summed E-state index contributed by atoms with van der Waals surface area (Å²) in [7, 11) is 0. The Morgan fingerprint density at radius 3 is 2.29 bits per heavy atom. The summed E-state index contributed by atoms with van der Waals surface area (Å²) in [4.78, 5) is 55.5. The lowest BCUT2D eigenvalue weighted by atomic mass is 9.83. The van der Waals surface area contributed by atoms with Gasteiger partial charge in [-0.15, -0.1) is 0 Å². The van der Waals surface area contributed by atoms with Crippen molar-refractivity contribution in [3.05, 3.63) is 106 Å². The molecule has 6 rings (SSSR count). The van der Waals surface area contributed by atoms with Crippen molar-refractivity contribution in [1.82, 2.24) is 4.57 Å². The fourth-order valence-electron chi connectivity index (χ4n) is 5.05. The number of benzene rings is 3. The number of imide groups is 1. The van der Waals surface area contributed by atoms with Crippen LogP contribution in [0.1, 0.15) is 16.4 Å². The second-order valence-corrected chi connectivity index (χ2v) is 13.7. The molecular formula is C28H17BrCl3N3O4S2. The highest BCUT2D eigenvalue weighted by molar-refractivity contribution is 9.10. The zero-order valence-corrected chi connectivity index (χ0v) is 26.1. The summed E-state index contributed by atoms with van der Waals surface area (Å²) in [6, 6.07) is 18.7. The third kappa shape index (κ3) is 5.26. The molecule has 0 bridgehead atoms. The Morgan fingerprint density at radius 2 is 1.61 bits per heavy atom. The van der Waals surface area contributed by atoms with Crippen LogP contribution in [0.15, 0.2) is 81.0 Å². The van der Waals surface area contributed by atoms with E-state index in [1.165, 1.54) is 15.5 Å². The van der Waals surface area contributed by atoms with Gasteiger partial charge in [-0.05, 0) is 60.2 Å². The first-order valence-corrected chi connectivity index (χ1v) is 15.8. The van der Waals surface area contributed by atoms with Crippen molar-refractivity contribution in [2.45, 2.75) is 22.7 Å². The van der Waals surface area contributed by atoms with Gasteiger partial charge in [-0.3, -0.25) is 23.7 Å². The SMILES string of the molecule is O=C(Cn1c2c(sc1=O)[C@@H](c1ccc(Cl)cc1)[C@@H]1C(=O)N(c3ccc(Br)cc3)C(=O)[C@@H]1S2)Nc1ccc(Cl)c(Cl)c1. The molecule has 1 fully saturated rings. The second kappa shape index (κ2) is 11.2. The molecule has 1 aromatic heterocycles. The standard InChI is InChI=1S/C28H17BrCl3N3O4S2/c29-14-3-8-17(9-4-14)35-25(37)22-21(13-1-5-15(30)6-2-13)24-27(40-23(22)26(35)38)34(28(39)41-24)12-20(36)33-16-7-10-18(31)19(32)11-16/h1-11,21-23H,12H2,(H,33,36)/t21-,22-,23+/m0/s1. The molecule has 2 aliphatic heterocycles. The highest BCUT2D eigenvalue weighted by Gasteiger charge is 2.56. The van der Waals surface area contributed by atoms with Crippen LogP contribution in [0.5, 0.6) is 0 Å². The molecule has 1 N–H and O–H groups in total. The maximum atomic E-state index is 13.9. The summed E-state index contributed by atoms with van der Waals surface area (Å²) in [6.45, 7) is -0.290. The van der Waals surface area contributed by atoms with Crippen molar-refractivity contribution in [3.63, 3.8) is 0 Å². The van der Waals surface area contributed by atoms with Crippen molar-refractivity contribution < 1.29 is 14.4 Å². The molecule has 3 amide bonds. The number of amides is 3. The minimum Gasteiger partial charge on any atom is -0.324 e. The number of hydrogen-bond acceptors (Lipinski definition) is 6. The van der Waals surface area contributed by atoms with Crippen LogP contribution in [-0.2, 0) is 20.9 Å². The molecule has 0 saturated carbocycles. The van der Waals surface area contributed by atoms with E-state index in [0.717, 1.165) is 33.1 Å². The Labute approximate surface area is 265 Å². The van der Waals surface area contributed by atoms with Gasteiger partial charge < -0.3 is 5.32 Å². The van der Waals surface area contributed by atoms with Gasteiger partial charge in [-0.2, -0.15) is 0 Å². The molecular weight excluding hydrogens is 693 g/mol. The van der Waals surface area contributed by atoms with E-state index in [-0.39, 0.29) is 28.3 Å². The molecule has 2 aliphatic rings. The average molecular weight is 710 g/mol. The van der Waals surface area contributed by atoms with E-state index in [0.29, 0.717) is 31.3 Å². The Bertz CT molecular complexity index is 1780. The average Bonchev–Trinajstić information content (AvgIpc) is 3.38. The predicted molar refractivity (Wildman–Crippen MR) is 167 cm³/mol. The molecule has 3 heterocycles. The number of hydrogen-bond donors (Lipinski definition) is 1. The molecule has 1 saturated heterocycles. The van der Waals surface area contributed by atoms with Gasteiger partial charge in [-0.25, -0.2) is 4.90 Å². The minimum absolute atomic E-state index is 0.279. The van der Waals surface area contributed by atoms with E-state index in [1.807, 2.05) is 0 Å². The summed E-state index contributed by atoms with van der Waals surface area (Å²) in [6.07, 6.45) is 0. The number of rotatable bonds is 5. The number of carbonyl (C=O) groups excluding carboxylic acids is 3. The summed E-state index contributed by atoms with van der Waals surface area (Å²) < 4.78 is 2.17. The van der Waals surface area contributed by atoms with Crippen molar-refractivity contribution >= 4 is 103 Å². The van der Waals surface area contributed by atoms with Crippen LogP contribution < -0.4 is 15.1 Å². The number of nitrogens with one attached hydrogen (secondary N) is 1. The topological polar surface area (TPSA) is 88.5 Å². The number of anilines is 2. The van der Waals surface area contributed by atoms with E-state index >= 15 is 0 Å². The van der Waals surface area contributed by atoms with Gasteiger partial charge >= 0.3 is 4.87 Å². The maximum absolute atomic E-state index is 13.9. The van der Waals surface area contributed by atoms with Gasteiger partial charge in [0.05, 0.1) is 26.7 Å². The van der Waals surface area contributed by atoms with Crippen LogP contribution in [-0.4, -0.2) is 27.5 Å². The number of carbonyl (C=O) groups is 3. The monoisotopic (exact) mass is 707 g/mol. The number of halogens is 4. The van der Waals surface area contributed by atoms with Gasteiger partial charge in [-0.1, -0.05) is 86.0 Å². The highest BCUT2D eigenvalue weighted by Crippen LogP contribution is 2.54. The molecule has 0 radical (unpaired) electrons. The van der Waals surface area contributed by atoms with E-state index in [1.54, 1.807) is 60.7 Å². The van der Waals surface area contributed by atoms with Gasteiger partial charge in [0.1, 0.15) is 11.8 Å². The normalized spacial score (nSPS) is 19.7. The van der Waals surface area contributed by atoms with E-state index in [2.05, 4.69) is 21.2 Å². The summed E-state index contributed by atoms with van der Waals surface area (Å²) in [5.41, 5.74) is 1.64. The van der Waals surface area contributed by atoms with Crippen molar-refractivity contribution in [2.75, 3.05) is 10.2 Å². The minimum atomic E-state index is -0.794. The van der Waals surface area contributed by atoms with E-state index in [9.17, 15) is 19.2 Å². The lowest BCUT2D eigenvalue weighted by Gasteiger charge is -2.30. The fraction of sp³-hybridized carbons (Fsp3) is 0.143. The number of nitrogens with zero attached hydrogens (tertiary/aromatic N) is 2. The van der Waals surface area contributed by atoms with Crippen molar-refractivity contribution in [2.24, 2.45) is 5.92 Å². The van der Waals surface area contributed by atoms with Crippen LogP contribution in [0.25, 0.3) is 0 Å². The number of aromatic nitrogens is 1. The molecule has 7 nitrogen and oxygen atoms in total. The number of thiazole rings is 1. The maximum Gasteiger partial charge on any atom is 0.308 e. The zero-order chi connectivity index (χ0) is 29.0. The molecule has 3 aromatic carbocycles. The third-order valence-corrected chi connectivity index (χ3v) is 11.0. The van der Waals surface area contributed by atoms with Crippen LogP contribution in [0.3, 0.4) is 0 Å². The van der Waals surface area contributed by atoms with E-state index < -0.39 is 23.0 Å². The molecule has 3 atom stereocenters.